The lowest BCUT2D eigenvalue weighted by Crippen LogP contribution is -1.95. The molecule has 0 saturated carbocycles. The Kier molecular flexibility index (Phi) is 5.64. The molecule has 0 aliphatic carbocycles. The molecule has 3 aromatic carbocycles. The highest BCUT2D eigenvalue weighted by molar-refractivity contribution is 7.98. The van der Waals surface area contributed by atoms with Crippen LogP contribution in [0.3, 0.4) is 0 Å². The molecule has 136 valence electrons. The second-order valence-electron chi connectivity index (χ2n) is 6.34. The average Bonchev–Trinajstić information content (AvgIpc) is 2.79. The molecule has 0 aliphatic rings. The summed E-state index contributed by atoms with van der Waals surface area (Å²) in [5.41, 5.74) is 5.15. The Hall–Kier alpha value is -3.17. The van der Waals surface area contributed by atoms with Gasteiger partial charge in [0.2, 0.25) is 0 Å². The molecule has 4 aromatic rings. The molecule has 0 aliphatic heterocycles. The van der Waals surface area contributed by atoms with Crippen LogP contribution in [0.2, 0.25) is 0 Å². The van der Waals surface area contributed by atoms with Gasteiger partial charge in [0.1, 0.15) is 0 Å². The summed E-state index contributed by atoms with van der Waals surface area (Å²) in [4.78, 5) is 10.8. The smallest absolute Gasteiger partial charge is 0.153 e. The number of nitrogens with zero attached hydrogens (tertiary/aromatic N) is 2. The molecule has 1 heterocycles. The second kappa shape index (κ2) is 8.68. The van der Waals surface area contributed by atoms with Crippen molar-refractivity contribution in [3.8, 4) is 22.5 Å². The summed E-state index contributed by atoms with van der Waals surface area (Å²) in [5.74, 6) is 0.703. The maximum Gasteiger partial charge on any atom is 0.153 e. The van der Waals surface area contributed by atoms with Crippen LogP contribution in [-0.2, 0) is 0 Å². The van der Waals surface area contributed by atoms with E-state index in [9.17, 15) is 0 Å². The maximum absolute atomic E-state index is 4.78. The first kappa shape index (κ1) is 18.2. The Labute approximate surface area is 170 Å². The number of aromatic nitrogens is 2. The van der Waals surface area contributed by atoms with Crippen molar-refractivity contribution < 1.29 is 0 Å². The molecule has 0 bridgehead atoms. The van der Waals surface area contributed by atoms with Gasteiger partial charge in [0, 0.05) is 16.0 Å². The van der Waals surface area contributed by atoms with Crippen molar-refractivity contribution in [2.45, 2.75) is 4.90 Å². The molecule has 28 heavy (non-hydrogen) atoms. The molecule has 0 spiro atoms. The zero-order valence-electron chi connectivity index (χ0n) is 15.6. The van der Waals surface area contributed by atoms with Crippen LogP contribution in [0.25, 0.3) is 34.7 Å². The number of thioether (sulfide) groups is 1. The van der Waals surface area contributed by atoms with E-state index in [0.717, 1.165) is 28.1 Å². The molecular formula is C25H20N2S. The van der Waals surface area contributed by atoms with Crippen LogP contribution in [0.5, 0.6) is 0 Å². The third-order valence-corrected chi connectivity index (χ3v) is 5.17. The minimum absolute atomic E-state index is 0.703. The van der Waals surface area contributed by atoms with E-state index in [0.29, 0.717) is 5.82 Å². The minimum Gasteiger partial charge on any atom is -0.229 e. The fraction of sp³-hybridized carbons (Fsp3) is 0.0400. The quantitative estimate of drug-likeness (QED) is 0.360. The van der Waals surface area contributed by atoms with Crippen molar-refractivity contribution in [3.63, 3.8) is 0 Å². The molecule has 0 amide bonds. The Bertz CT molecular complexity index is 1010. The summed E-state index contributed by atoms with van der Waals surface area (Å²) < 4.78 is 0. The molecule has 2 nitrogen and oxygen atoms in total. The molecule has 4 rings (SSSR count). The van der Waals surface area contributed by atoms with Crippen molar-refractivity contribution in [1.82, 2.24) is 9.97 Å². The molecule has 0 fully saturated rings. The monoisotopic (exact) mass is 380 g/mol. The summed E-state index contributed by atoms with van der Waals surface area (Å²) in [6, 6.07) is 31.0. The van der Waals surface area contributed by atoms with E-state index in [1.54, 1.807) is 11.8 Å². The topological polar surface area (TPSA) is 25.8 Å². The van der Waals surface area contributed by atoms with E-state index >= 15 is 0 Å². The maximum atomic E-state index is 4.78. The Morgan fingerprint density at radius 2 is 1.18 bits per heavy atom. The van der Waals surface area contributed by atoms with Gasteiger partial charge in [-0.15, -0.1) is 11.8 Å². The van der Waals surface area contributed by atoms with Crippen LogP contribution < -0.4 is 0 Å². The third kappa shape index (κ3) is 4.38. The standard InChI is InChI=1S/C25H20N2S/c1-28-22-15-12-19(13-16-22)14-17-25-26-23(20-8-4-2-5-9-20)18-24(27-25)21-10-6-3-7-11-21/h2-18H,1H3/b17-14+. The van der Waals surface area contributed by atoms with Crippen molar-refractivity contribution in [2.75, 3.05) is 6.26 Å². The van der Waals surface area contributed by atoms with Gasteiger partial charge in [0.15, 0.2) is 5.82 Å². The first-order chi connectivity index (χ1) is 13.8. The highest BCUT2D eigenvalue weighted by Gasteiger charge is 2.07. The van der Waals surface area contributed by atoms with Gasteiger partial charge in [-0.2, -0.15) is 0 Å². The first-order valence-corrected chi connectivity index (χ1v) is 10.4. The van der Waals surface area contributed by atoms with E-state index in [1.165, 1.54) is 4.90 Å². The zero-order chi connectivity index (χ0) is 19.2. The first-order valence-electron chi connectivity index (χ1n) is 9.14. The summed E-state index contributed by atoms with van der Waals surface area (Å²) in [6.45, 7) is 0. The van der Waals surface area contributed by atoms with Crippen molar-refractivity contribution >= 4 is 23.9 Å². The summed E-state index contributed by atoms with van der Waals surface area (Å²) in [5, 5.41) is 0. The molecule has 3 heteroatoms. The highest BCUT2D eigenvalue weighted by Crippen LogP contribution is 2.24. The Morgan fingerprint density at radius 3 is 1.68 bits per heavy atom. The van der Waals surface area contributed by atoms with E-state index < -0.39 is 0 Å². The van der Waals surface area contributed by atoms with Gasteiger partial charge in [0.25, 0.3) is 0 Å². The lowest BCUT2D eigenvalue weighted by atomic mass is 10.1. The van der Waals surface area contributed by atoms with Crippen molar-refractivity contribution in [3.05, 3.63) is 102 Å². The number of hydrogen-bond donors (Lipinski definition) is 0. The predicted molar refractivity (Wildman–Crippen MR) is 120 cm³/mol. The third-order valence-electron chi connectivity index (χ3n) is 4.42. The van der Waals surface area contributed by atoms with Crippen LogP contribution >= 0.6 is 11.8 Å². The van der Waals surface area contributed by atoms with Gasteiger partial charge < -0.3 is 0 Å². The van der Waals surface area contributed by atoms with E-state index in [1.807, 2.05) is 42.5 Å². The summed E-state index contributed by atoms with van der Waals surface area (Å²) >= 11 is 1.74. The molecular weight excluding hydrogens is 360 g/mol. The molecule has 0 N–H and O–H groups in total. The van der Waals surface area contributed by atoms with Crippen molar-refractivity contribution in [1.29, 1.82) is 0 Å². The number of hydrogen-bond acceptors (Lipinski definition) is 3. The van der Waals surface area contributed by atoms with Gasteiger partial charge in [-0.05, 0) is 36.1 Å². The minimum atomic E-state index is 0.703. The van der Waals surface area contributed by atoms with Crippen LogP contribution in [-0.4, -0.2) is 16.2 Å². The molecule has 0 unspecified atom stereocenters. The van der Waals surface area contributed by atoms with Crippen molar-refractivity contribution in [2.24, 2.45) is 0 Å². The largest absolute Gasteiger partial charge is 0.229 e. The molecule has 0 saturated heterocycles. The van der Waals surface area contributed by atoms with E-state index in [2.05, 4.69) is 66.9 Å². The summed E-state index contributed by atoms with van der Waals surface area (Å²) in [7, 11) is 0. The van der Waals surface area contributed by atoms with Gasteiger partial charge in [-0.3, -0.25) is 0 Å². The van der Waals surface area contributed by atoms with Gasteiger partial charge >= 0.3 is 0 Å². The SMILES string of the molecule is CSc1ccc(/C=C/c2nc(-c3ccccc3)cc(-c3ccccc3)n2)cc1. The lowest BCUT2D eigenvalue weighted by molar-refractivity contribution is 1.14. The fourth-order valence-corrected chi connectivity index (χ4v) is 3.35. The predicted octanol–water partition coefficient (Wildman–Crippen LogP) is 6.70. The van der Waals surface area contributed by atoms with Crippen LogP contribution in [0, 0.1) is 0 Å². The molecule has 0 radical (unpaired) electrons. The average molecular weight is 381 g/mol. The molecule has 0 atom stereocenters. The second-order valence-corrected chi connectivity index (χ2v) is 7.21. The number of benzene rings is 3. The van der Waals surface area contributed by atoms with Crippen LogP contribution in [0.1, 0.15) is 11.4 Å². The lowest BCUT2D eigenvalue weighted by Gasteiger charge is -2.07. The zero-order valence-corrected chi connectivity index (χ0v) is 16.4. The number of rotatable bonds is 5. The Morgan fingerprint density at radius 1 is 0.643 bits per heavy atom. The van der Waals surface area contributed by atoms with Gasteiger partial charge in [-0.1, -0.05) is 78.9 Å². The van der Waals surface area contributed by atoms with Gasteiger partial charge in [0.05, 0.1) is 11.4 Å². The van der Waals surface area contributed by atoms with Gasteiger partial charge in [-0.25, -0.2) is 9.97 Å². The van der Waals surface area contributed by atoms with Crippen LogP contribution in [0.15, 0.2) is 95.9 Å². The van der Waals surface area contributed by atoms with Crippen LogP contribution in [0.4, 0.5) is 0 Å². The molecule has 1 aromatic heterocycles. The fourth-order valence-electron chi connectivity index (χ4n) is 2.94. The normalized spacial score (nSPS) is 11.0. The Balaban J connectivity index is 1.74. The summed E-state index contributed by atoms with van der Waals surface area (Å²) in [6.07, 6.45) is 6.12. The van der Waals surface area contributed by atoms with E-state index in [-0.39, 0.29) is 0 Å². The highest BCUT2D eigenvalue weighted by atomic mass is 32.2. The van der Waals surface area contributed by atoms with E-state index in [4.69, 9.17) is 9.97 Å².